The van der Waals surface area contributed by atoms with Crippen LogP contribution in [0.15, 0.2) is 53.4 Å². The standard InChI is InChI=1S/C19H23NO3S/c1-14-7-9-18(10-8-14)24-15(2)19(21)20-11-12-23-17-6-4-5-16(13-17)22-3/h4-10,13,15H,11-12H2,1-3H3,(H,20,21). The molecule has 1 amide bonds. The SMILES string of the molecule is COc1cccc(OCCNC(=O)C(C)Sc2ccc(C)cc2)c1. The molecule has 0 aliphatic rings. The Bertz CT molecular complexity index is 658. The van der Waals surface area contributed by atoms with Crippen molar-refractivity contribution in [2.45, 2.75) is 24.0 Å². The molecule has 0 saturated heterocycles. The third-order valence-corrected chi connectivity index (χ3v) is 4.53. The number of benzene rings is 2. The number of thioether (sulfide) groups is 1. The molecule has 2 rings (SSSR count). The summed E-state index contributed by atoms with van der Waals surface area (Å²) in [4.78, 5) is 13.2. The first-order valence-electron chi connectivity index (χ1n) is 7.86. The molecule has 2 aromatic rings. The molecule has 1 atom stereocenters. The number of hydrogen-bond acceptors (Lipinski definition) is 4. The van der Waals surface area contributed by atoms with Crippen molar-refractivity contribution in [3.05, 3.63) is 54.1 Å². The minimum Gasteiger partial charge on any atom is -0.497 e. The number of hydrogen-bond donors (Lipinski definition) is 1. The average molecular weight is 345 g/mol. The van der Waals surface area contributed by atoms with Crippen LogP contribution in [0.3, 0.4) is 0 Å². The first-order valence-corrected chi connectivity index (χ1v) is 8.74. The van der Waals surface area contributed by atoms with E-state index in [1.165, 1.54) is 5.56 Å². The fraction of sp³-hybridized carbons (Fsp3) is 0.316. The van der Waals surface area contributed by atoms with Gasteiger partial charge in [-0.05, 0) is 38.1 Å². The molecule has 0 radical (unpaired) electrons. The van der Waals surface area contributed by atoms with Crippen LogP contribution in [0.25, 0.3) is 0 Å². The van der Waals surface area contributed by atoms with Crippen LogP contribution in [0.1, 0.15) is 12.5 Å². The number of nitrogens with one attached hydrogen (secondary N) is 1. The summed E-state index contributed by atoms with van der Waals surface area (Å²) in [6.07, 6.45) is 0. The smallest absolute Gasteiger partial charge is 0.233 e. The lowest BCUT2D eigenvalue weighted by atomic mass is 10.2. The van der Waals surface area contributed by atoms with Gasteiger partial charge in [0.25, 0.3) is 0 Å². The second-order valence-electron chi connectivity index (χ2n) is 5.39. The summed E-state index contributed by atoms with van der Waals surface area (Å²) in [5, 5.41) is 2.75. The molecule has 24 heavy (non-hydrogen) atoms. The molecule has 1 unspecified atom stereocenters. The highest BCUT2D eigenvalue weighted by Crippen LogP contribution is 2.23. The molecular formula is C19H23NO3S. The Labute approximate surface area is 147 Å². The van der Waals surface area contributed by atoms with Crippen molar-refractivity contribution in [1.82, 2.24) is 5.32 Å². The van der Waals surface area contributed by atoms with E-state index in [0.29, 0.717) is 13.2 Å². The number of ether oxygens (including phenoxy) is 2. The maximum atomic E-state index is 12.1. The maximum absolute atomic E-state index is 12.1. The van der Waals surface area contributed by atoms with Crippen LogP contribution in [-0.4, -0.2) is 31.4 Å². The van der Waals surface area contributed by atoms with Gasteiger partial charge in [-0.2, -0.15) is 0 Å². The number of amides is 1. The molecule has 0 bridgehead atoms. The number of carbonyl (C=O) groups excluding carboxylic acids is 1. The van der Waals surface area contributed by atoms with Crippen LogP contribution in [0.4, 0.5) is 0 Å². The van der Waals surface area contributed by atoms with Crippen molar-refractivity contribution in [3.8, 4) is 11.5 Å². The van der Waals surface area contributed by atoms with Crippen LogP contribution in [0.5, 0.6) is 11.5 Å². The minimum absolute atomic E-state index is 0.00909. The molecule has 1 N–H and O–H groups in total. The van der Waals surface area contributed by atoms with E-state index in [2.05, 4.69) is 17.4 Å². The van der Waals surface area contributed by atoms with Crippen molar-refractivity contribution in [3.63, 3.8) is 0 Å². The van der Waals surface area contributed by atoms with E-state index in [1.807, 2.05) is 50.2 Å². The quantitative estimate of drug-likeness (QED) is 0.586. The molecular weight excluding hydrogens is 322 g/mol. The van der Waals surface area contributed by atoms with Crippen molar-refractivity contribution in [2.24, 2.45) is 0 Å². The van der Waals surface area contributed by atoms with Gasteiger partial charge in [0.15, 0.2) is 0 Å². The highest BCUT2D eigenvalue weighted by atomic mass is 32.2. The van der Waals surface area contributed by atoms with Gasteiger partial charge in [0.2, 0.25) is 5.91 Å². The van der Waals surface area contributed by atoms with Gasteiger partial charge >= 0.3 is 0 Å². The third-order valence-electron chi connectivity index (χ3n) is 3.41. The summed E-state index contributed by atoms with van der Waals surface area (Å²) in [5.74, 6) is 1.49. The summed E-state index contributed by atoms with van der Waals surface area (Å²) in [6, 6.07) is 15.6. The van der Waals surface area contributed by atoms with Gasteiger partial charge < -0.3 is 14.8 Å². The predicted molar refractivity (Wildman–Crippen MR) is 98.0 cm³/mol. The molecule has 128 valence electrons. The zero-order chi connectivity index (χ0) is 17.4. The lowest BCUT2D eigenvalue weighted by Crippen LogP contribution is -2.33. The van der Waals surface area contributed by atoms with Crippen LogP contribution >= 0.6 is 11.8 Å². The number of rotatable bonds is 8. The van der Waals surface area contributed by atoms with E-state index >= 15 is 0 Å². The molecule has 2 aromatic carbocycles. The zero-order valence-corrected chi connectivity index (χ0v) is 15.1. The molecule has 0 saturated carbocycles. The molecule has 0 fully saturated rings. The van der Waals surface area contributed by atoms with Gasteiger partial charge in [0.1, 0.15) is 18.1 Å². The topological polar surface area (TPSA) is 47.6 Å². The fourth-order valence-electron chi connectivity index (χ4n) is 2.05. The Morgan fingerprint density at radius 1 is 1.17 bits per heavy atom. The lowest BCUT2D eigenvalue weighted by Gasteiger charge is -2.13. The molecule has 0 aliphatic carbocycles. The van der Waals surface area contributed by atoms with Crippen molar-refractivity contribution >= 4 is 17.7 Å². The maximum Gasteiger partial charge on any atom is 0.233 e. The Hall–Kier alpha value is -2.14. The van der Waals surface area contributed by atoms with Crippen LogP contribution in [0, 0.1) is 6.92 Å². The lowest BCUT2D eigenvalue weighted by molar-refractivity contribution is -0.120. The molecule has 0 heterocycles. The average Bonchev–Trinajstić information content (AvgIpc) is 2.60. The molecule has 0 aliphatic heterocycles. The number of carbonyl (C=O) groups is 1. The van der Waals surface area contributed by atoms with Gasteiger partial charge in [0.05, 0.1) is 18.9 Å². The predicted octanol–water partition coefficient (Wildman–Crippen LogP) is 3.68. The van der Waals surface area contributed by atoms with Crippen molar-refractivity contribution < 1.29 is 14.3 Å². The molecule has 5 heteroatoms. The molecule has 4 nitrogen and oxygen atoms in total. The summed E-state index contributed by atoms with van der Waals surface area (Å²) in [5.41, 5.74) is 1.21. The van der Waals surface area contributed by atoms with Gasteiger partial charge in [-0.25, -0.2) is 0 Å². The van der Waals surface area contributed by atoms with Crippen LogP contribution in [0.2, 0.25) is 0 Å². The van der Waals surface area contributed by atoms with Gasteiger partial charge in [-0.1, -0.05) is 23.8 Å². The van der Waals surface area contributed by atoms with Gasteiger partial charge in [0, 0.05) is 11.0 Å². The fourth-order valence-corrected chi connectivity index (χ4v) is 2.94. The summed E-state index contributed by atoms with van der Waals surface area (Å²) in [6.45, 7) is 4.84. The molecule has 0 spiro atoms. The van der Waals surface area contributed by atoms with Crippen LogP contribution in [-0.2, 0) is 4.79 Å². The first-order chi connectivity index (χ1) is 11.6. The zero-order valence-electron chi connectivity index (χ0n) is 14.2. The third kappa shape index (κ3) is 5.81. The van der Waals surface area contributed by atoms with E-state index in [-0.39, 0.29) is 11.2 Å². The monoisotopic (exact) mass is 345 g/mol. The normalized spacial score (nSPS) is 11.6. The Balaban J connectivity index is 1.71. The Morgan fingerprint density at radius 2 is 1.88 bits per heavy atom. The van der Waals surface area contributed by atoms with E-state index in [4.69, 9.17) is 9.47 Å². The summed E-state index contributed by atoms with van der Waals surface area (Å²) in [7, 11) is 1.62. The largest absolute Gasteiger partial charge is 0.497 e. The van der Waals surface area contributed by atoms with Crippen molar-refractivity contribution in [2.75, 3.05) is 20.3 Å². The van der Waals surface area contributed by atoms with E-state index < -0.39 is 0 Å². The van der Waals surface area contributed by atoms with E-state index in [1.54, 1.807) is 18.9 Å². The van der Waals surface area contributed by atoms with E-state index in [0.717, 1.165) is 16.4 Å². The number of methoxy groups -OCH3 is 1. The first kappa shape index (κ1) is 18.2. The Kier molecular flexibility index (Phi) is 7.00. The molecule has 0 aromatic heterocycles. The second-order valence-corrected chi connectivity index (χ2v) is 6.81. The van der Waals surface area contributed by atoms with E-state index in [9.17, 15) is 4.79 Å². The summed E-state index contributed by atoms with van der Waals surface area (Å²) >= 11 is 1.55. The highest BCUT2D eigenvalue weighted by Gasteiger charge is 2.13. The van der Waals surface area contributed by atoms with Crippen molar-refractivity contribution in [1.29, 1.82) is 0 Å². The number of aryl methyl sites for hydroxylation is 1. The highest BCUT2D eigenvalue weighted by molar-refractivity contribution is 8.00. The van der Waals surface area contributed by atoms with Gasteiger partial charge in [-0.15, -0.1) is 11.8 Å². The Morgan fingerprint density at radius 3 is 2.58 bits per heavy atom. The van der Waals surface area contributed by atoms with Gasteiger partial charge in [-0.3, -0.25) is 4.79 Å². The summed E-state index contributed by atoms with van der Waals surface area (Å²) < 4.78 is 10.8. The van der Waals surface area contributed by atoms with Crippen LogP contribution < -0.4 is 14.8 Å². The minimum atomic E-state index is -0.149. The second kappa shape index (κ2) is 9.23.